The molecule has 0 aromatic heterocycles. The number of sulfone groups is 1. The van der Waals surface area contributed by atoms with E-state index in [0.29, 0.717) is 17.2 Å². The number of halogens is 4. The first-order chi connectivity index (χ1) is 13.9. The van der Waals surface area contributed by atoms with E-state index in [1.807, 2.05) is 6.07 Å². The van der Waals surface area contributed by atoms with E-state index in [1.165, 1.54) is 42.5 Å². The summed E-state index contributed by atoms with van der Waals surface area (Å²) in [4.78, 5) is 0.118. The van der Waals surface area contributed by atoms with Crippen LogP contribution in [0.4, 0.5) is 13.2 Å². The smallest absolute Gasteiger partial charge is 0.376 e. The molecule has 2 aromatic rings. The molecular weight excluding hydrogens is 459 g/mol. The molecule has 0 bridgehead atoms. The van der Waals surface area contributed by atoms with Crippen molar-refractivity contribution in [3.05, 3.63) is 70.3 Å². The molecule has 1 N–H and O–H groups in total. The Labute approximate surface area is 181 Å². The maximum absolute atomic E-state index is 13.5. The fourth-order valence-electron chi connectivity index (χ4n) is 2.34. The minimum Gasteiger partial charge on any atom is -0.376 e. The van der Waals surface area contributed by atoms with E-state index in [-0.39, 0.29) is 21.2 Å². The zero-order chi connectivity index (χ0) is 22.6. The predicted molar refractivity (Wildman–Crippen MR) is 112 cm³/mol. The minimum atomic E-state index is -4.91. The van der Waals surface area contributed by atoms with E-state index in [0.717, 1.165) is 24.1 Å². The van der Waals surface area contributed by atoms with Gasteiger partial charge in [0.2, 0.25) is 0 Å². The Kier molecular flexibility index (Phi) is 7.64. The normalized spacial score (nSPS) is 14.4. The summed E-state index contributed by atoms with van der Waals surface area (Å²) in [6.07, 6.45) is -2.09. The van der Waals surface area contributed by atoms with Crippen molar-refractivity contribution < 1.29 is 26.7 Å². The van der Waals surface area contributed by atoms with E-state index in [9.17, 15) is 26.7 Å². The van der Waals surface area contributed by atoms with Crippen molar-refractivity contribution in [2.75, 3.05) is 12.0 Å². The topological polar surface area (TPSA) is 78.2 Å². The average molecular weight is 476 g/mol. The maximum atomic E-state index is 13.5. The molecule has 0 radical (unpaired) electrons. The lowest BCUT2D eigenvalue weighted by Crippen LogP contribution is -2.45. The van der Waals surface area contributed by atoms with Gasteiger partial charge in [0.25, 0.3) is 0 Å². The zero-order valence-electron chi connectivity index (χ0n) is 15.6. The Morgan fingerprint density at radius 1 is 1.20 bits per heavy atom. The van der Waals surface area contributed by atoms with Gasteiger partial charge in [0.1, 0.15) is 6.07 Å². The molecule has 0 aliphatic heterocycles. The molecule has 10 heteroatoms. The first-order valence-corrected chi connectivity index (χ1v) is 11.8. The lowest BCUT2D eigenvalue weighted by molar-refractivity contribution is -0.230. The van der Waals surface area contributed by atoms with Crippen molar-refractivity contribution >= 4 is 39.3 Å². The third-order valence-corrected chi connectivity index (χ3v) is 6.72. The molecule has 0 fully saturated rings. The molecule has 160 valence electrons. The van der Waals surface area contributed by atoms with E-state index in [1.54, 1.807) is 0 Å². The van der Waals surface area contributed by atoms with E-state index in [4.69, 9.17) is 16.9 Å². The summed E-state index contributed by atoms with van der Waals surface area (Å²) in [6, 6.07) is 11.8. The first-order valence-electron chi connectivity index (χ1n) is 8.40. The van der Waals surface area contributed by atoms with Crippen molar-refractivity contribution in [3.63, 3.8) is 0 Å². The van der Waals surface area contributed by atoms with Gasteiger partial charge in [0, 0.05) is 17.8 Å². The molecule has 0 saturated carbocycles. The Morgan fingerprint density at radius 2 is 1.83 bits per heavy atom. The number of nitrogens with zero attached hydrogens (tertiary/aromatic N) is 1. The van der Waals surface area contributed by atoms with Gasteiger partial charge in [-0.3, -0.25) is 0 Å². The van der Waals surface area contributed by atoms with E-state index >= 15 is 0 Å². The molecule has 0 heterocycles. The molecule has 4 nitrogen and oxygen atoms in total. The zero-order valence-corrected chi connectivity index (χ0v) is 18.0. The van der Waals surface area contributed by atoms with Gasteiger partial charge in [-0.1, -0.05) is 35.9 Å². The third-order valence-electron chi connectivity index (χ3n) is 4.10. The highest BCUT2D eigenvalue weighted by Gasteiger charge is 2.51. The Morgan fingerprint density at radius 3 is 2.33 bits per heavy atom. The highest BCUT2D eigenvalue weighted by molar-refractivity contribution is 7.98. The molecule has 0 aliphatic carbocycles. The van der Waals surface area contributed by atoms with Crippen LogP contribution in [0, 0.1) is 11.3 Å². The Balaban J connectivity index is 2.12. The fraction of sp³-hybridized carbons (Fsp3) is 0.250. The lowest BCUT2D eigenvalue weighted by Gasteiger charge is -2.27. The number of thioether (sulfide) groups is 1. The molecule has 0 spiro atoms. The predicted octanol–water partition coefficient (Wildman–Crippen LogP) is 4.86. The number of aliphatic hydroxyl groups is 1. The van der Waals surface area contributed by atoms with Gasteiger partial charge in [-0.05, 0) is 41.5 Å². The summed E-state index contributed by atoms with van der Waals surface area (Å²) in [7, 11) is -3.36. The summed E-state index contributed by atoms with van der Waals surface area (Å²) < 4.78 is 63.3. The van der Waals surface area contributed by atoms with Gasteiger partial charge in [-0.25, -0.2) is 8.42 Å². The van der Waals surface area contributed by atoms with Gasteiger partial charge < -0.3 is 5.11 Å². The van der Waals surface area contributed by atoms with E-state index in [2.05, 4.69) is 0 Å². The second-order valence-corrected chi connectivity index (χ2v) is 9.92. The van der Waals surface area contributed by atoms with Gasteiger partial charge >= 0.3 is 6.18 Å². The molecule has 1 unspecified atom stereocenters. The van der Waals surface area contributed by atoms with Crippen LogP contribution >= 0.6 is 23.4 Å². The fourth-order valence-corrected chi connectivity index (χ4v) is 4.30. The van der Waals surface area contributed by atoms with Crippen molar-refractivity contribution in [1.82, 2.24) is 0 Å². The Bertz CT molecular complexity index is 1080. The SMILES string of the molecule is CS(=O)(=O)c1ccc(CSCC(O)(/C=C/c2ccc(C#N)c(Cl)c2)C(F)(F)F)cc1. The van der Waals surface area contributed by atoms with Crippen molar-refractivity contribution in [2.45, 2.75) is 22.4 Å². The molecular formula is C20H17ClF3NO3S2. The van der Waals surface area contributed by atoms with Crippen LogP contribution in [0.1, 0.15) is 16.7 Å². The first kappa shape index (κ1) is 24.3. The average Bonchev–Trinajstić information content (AvgIpc) is 2.65. The molecule has 0 aliphatic rings. The highest BCUT2D eigenvalue weighted by atomic mass is 35.5. The minimum absolute atomic E-state index is 0.0992. The number of rotatable bonds is 7. The summed E-state index contributed by atoms with van der Waals surface area (Å²) in [5, 5.41) is 19.2. The van der Waals surface area contributed by atoms with Crippen LogP contribution in [0.2, 0.25) is 5.02 Å². The molecule has 1 atom stereocenters. The second-order valence-electron chi connectivity index (χ2n) is 6.52. The lowest BCUT2D eigenvalue weighted by atomic mass is 10.0. The number of benzene rings is 2. The summed E-state index contributed by atoms with van der Waals surface area (Å²) >= 11 is 6.74. The number of nitriles is 1. The highest BCUT2D eigenvalue weighted by Crippen LogP contribution is 2.36. The summed E-state index contributed by atoms with van der Waals surface area (Å²) in [6.45, 7) is 0. The molecule has 0 amide bonds. The van der Waals surface area contributed by atoms with Crippen molar-refractivity contribution in [2.24, 2.45) is 0 Å². The van der Waals surface area contributed by atoms with Crippen molar-refractivity contribution in [1.29, 1.82) is 5.26 Å². The van der Waals surface area contributed by atoms with Crippen LogP contribution in [0.25, 0.3) is 6.08 Å². The molecule has 2 rings (SSSR count). The monoisotopic (exact) mass is 475 g/mol. The standard InChI is InChI=1S/C20H17ClF3NO3S2/c1-30(27,28)17-6-3-15(4-7-17)12-29-13-19(26,20(22,23)24)9-8-14-2-5-16(11-25)18(21)10-14/h2-10,26H,12-13H2,1H3/b9-8+. The van der Waals surface area contributed by atoms with Crippen LogP contribution in [0.5, 0.6) is 0 Å². The number of alkyl halides is 3. The summed E-state index contributed by atoms with van der Waals surface area (Å²) in [5.41, 5.74) is -1.95. The number of hydrogen-bond acceptors (Lipinski definition) is 5. The second kappa shape index (κ2) is 9.43. The van der Waals surface area contributed by atoms with Gasteiger partial charge in [0.05, 0.1) is 15.5 Å². The molecule has 2 aromatic carbocycles. The molecule has 0 saturated heterocycles. The third kappa shape index (κ3) is 6.25. The summed E-state index contributed by atoms with van der Waals surface area (Å²) in [5.74, 6) is -0.510. The molecule has 30 heavy (non-hydrogen) atoms. The van der Waals surface area contributed by atoms with Crippen LogP contribution in [-0.4, -0.2) is 37.3 Å². The number of hydrogen-bond donors (Lipinski definition) is 1. The van der Waals surface area contributed by atoms with Crippen LogP contribution < -0.4 is 0 Å². The Hall–Kier alpha value is -1.99. The van der Waals surface area contributed by atoms with Gasteiger partial charge in [-0.2, -0.15) is 30.2 Å². The van der Waals surface area contributed by atoms with Crippen LogP contribution in [0.3, 0.4) is 0 Å². The largest absolute Gasteiger partial charge is 0.421 e. The quantitative estimate of drug-likeness (QED) is 0.619. The van der Waals surface area contributed by atoms with Gasteiger partial charge in [-0.15, -0.1) is 0 Å². The van der Waals surface area contributed by atoms with Crippen molar-refractivity contribution in [3.8, 4) is 6.07 Å². The van der Waals surface area contributed by atoms with E-state index < -0.39 is 27.4 Å². The van der Waals surface area contributed by atoms with Crippen LogP contribution in [-0.2, 0) is 15.6 Å². The van der Waals surface area contributed by atoms with Gasteiger partial charge in [0.15, 0.2) is 15.4 Å². The van der Waals surface area contributed by atoms with Crippen LogP contribution in [0.15, 0.2) is 53.4 Å². The maximum Gasteiger partial charge on any atom is 0.421 e.